The molecule has 0 spiro atoms. The van der Waals surface area contributed by atoms with Crippen LogP contribution in [0.1, 0.15) is 11.1 Å². The summed E-state index contributed by atoms with van der Waals surface area (Å²) in [5.41, 5.74) is 1.97. The van der Waals surface area contributed by atoms with E-state index >= 15 is 0 Å². The van der Waals surface area contributed by atoms with Crippen molar-refractivity contribution in [3.05, 3.63) is 74.8 Å². The highest BCUT2D eigenvalue weighted by molar-refractivity contribution is 14.0. The molecule has 0 radical (unpaired) electrons. The molecule has 2 N–H and O–H groups in total. The number of nitrogens with zero attached hydrogens (tertiary/aromatic N) is 2. The lowest BCUT2D eigenvalue weighted by Gasteiger charge is -2.12. The van der Waals surface area contributed by atoms with Gasteiger partial charge in [0.1, 0.15) is 0 Å². The van der Waals surface area contributed by atoms with Gasteiger partial charge in [0.25, 0.3) is 5.69 Å². The van der Waals surface area contributed by atoms with Gasteiger partial charge in [-0.1, -0.05) is 35.9 Å². The third kappa shape index (κ3) is 6.32. The zero-order valence-electron chi connectivity index (χ0n) is 13.0. The first-order valence-electron chi connectivity index (χ1n) is 7.01. The average Bonchev–Trinajstić information content (AvgIpc) is 2.57. The maximum absolute atomic E-state index is 10.8. The second kappa shape index (κ2) is 10.1. The van der Waals surface area contributed by atoms with Gasteiger partial charge in [0.05, 0.1) is 4.92 Å². The van der Waals surface area contributed by atoms with Crippen LogP contribution in [0.25, 0.3) is 0 Å². The maximum atomic E-state index is 10.8. The maximum Gasteiger partial charge on any atom is 0.269 e. The number of halogens is 2. The van der Waals surface area contributed by atoms with Gasteiger partial charge in [-0.05, 0) is 23.3 Å². The molecule has 0 atom stereocenters. The highest BCUT2D eigenvalue weighted by atomic mass is 127. The first-order valence-corrected chi connectivity index (χ1v) is 7.38. The Labute approximate surface area is 162 Å². The van der Waals surface area contributed by atoms with Gasteiger partial charge in [-0.25, -0.2) is 0 Å². The Bertz CT molecular complexity index is 707. The molecular weight excluding hydrogens is 443 g/mol. The van der Waals surface area contributed by atoms with Gasteiger partial charge in [0, 0.05) is 37.3 Å². The van der Waals surface area contributed by atoms with Crippen LogP contribution in [0.5, 0.6) is 0 Å². The average molecular weight is 461 g/mol. The molecule has 0 bridgehead atoms. The van der Waals surface area contributed by atoms with Crippen LogP contribution in [-0.2, 0) is 13.1 Å². The fourth-order valence-electron chi connectivity index (χ4n) is 1.97. The van der Waals surface area contributed by atoms with Gasteiger partial charge in [-0.2, -0.15) is 0 Å². The van der Waals surface area contributed by atoms with E-state index in [2.05, 4.69) is 15.6 Å². The Kier molecular flexibility index (Phi) is 8.48. The fourth-order valence-corrected chi connectivity index (χ4v) is 2.10. The van der Waals surface area contributed by atoms with Crippen LogP contribution < -0.4 is 10.6 Å². The predicted molar refractivity (Wildman–Crippen MR) is 107 cm³/mol. The van der Waals surface area contributed by atoms with E-state index < -0.39 is 4.92 Å². The minimum Gasteiger partial charge on any atom is -0.352 e. The van der Waals surface area contributed by atoms with Gasteiger partial charge in [-0.15, -0.1) is 24.0 Å². The van der Waals surface area contributed by atoms with E-state index in [1.165, 1.54) is 6.07 Å². The Hall–Kier alpha value is -1.87. The van der Waals surface area contributed by atoms with Crippen molar-refractivity contribution in [2.24, 2.45) is 4.99 Å². The van der Waals surface area contributed by atoms with Crippen LogP contribution >= 0.6 is 35.6 Å². The summed E-state index contributed by atoms with van der Waals surface area (Å²) in [5, 5.41) is 17.8. The van der Waals surface area contributed by atoms with Crippen LogP contribution in [0, 0.1) is 10.1 Å². The van der Waals surface area contributed by atoms with E-state index in [4.69, 9.17) is 11.6 Å². The second-order valence-corrected chi connectivity index (χ2v) is 5.27. The molecule has 2 rings (SSSR count). The molecule has 0 aliphatic carbocycles. The molecule has 0 aromatic heterocycles. The zero-order chi connectivity index (χ0) is 16.7. The monoisotopic (exact) mass is 460 g/mol. The molecule has 0 aliphatic heterocycles. The summed E-state index contributed by atoms with van der Waals surface area (Å²) < 4.78 is 0. The number of hydrogen-bond acceptors (Lipinski definition) is 3. The molecule has 0 fully saturated rings. The van der Waals surface area contributed by atoms with Crippen molar-refractivity contribution in [3.63, 3.8) is 0 Å². The summed E-state index contributed by atoms with van der Waals surface area (Å²) in [4.78, 5) is 14.5. The van der Waals surface area contributed by atoms with Gasteiger partial charge < -0.3 is 10.6 Å². The van der Waals surface area contributed by atoms with E-state index in [0.717, 1.165) is 11.1 Å². The molecule has 0 aliphatic rings. The SMILES string of the molecule is CN=C(NCc1ccc(Cl)cc1)NCc1cccc([N+](=O)[O-])c1.I. The number of nitro benzene ring substituents is 1. The van der Waals surface area contributed by atoms with Gasteiger partial charge in [0.15, 0.2) is 5.96 Å². The lowest BCUT2D eigenvalue weighted by molar-refractivity contribution is -0.384. The van der Waals surface area contributed by atoms with E-state index in [9.17, 15) is 10.1 Å². The molecule has 0 amide bonds. The Balaban J connectivity index is 0.00000288. The van der Waals surface area contributed by atoms with Gasteiger partial charge >= 0.3 is 0 Å². The van der Waals surface area contributed by atoms with E-state index in [0.29, 0.717) is 24.1 Å². The van der Waals surface area contributed by atoms with Crippen molar-refractivity contribution in [3.8, 4) is 0 Å². The van der Waals surface area contributed by atoms with Crippen LogP contribution in [0.2, 0.25) is 5.02 Å². The second-order valence-electron chi connectivity index (χ2n) is 4.83. The van der Waals surface area contributed by atoms with Crippen LogP contribution in [0.4, 0.5) is 5.69 Å². The smallest absolute Gasteiger partial charge is 0.269 e. The minimum absolute atomic E-state index is 0. The van der Waals surface area contributed by atoms with E-state index in [-0.39, 0.29) is 29.7 Å². The van der Waals surface area contributed by atoms with Crippen LogP contribution in [-0.4, -0.2) is 17.9 Å². The van der Waals surface area contributed by atoms with Crippen molar-refractivity contribution >= 4 is 47.2 Å². The highest BCUT2D eigenvalue weighted by Gasteiger charge is 2.06. The number of hydrogen-bond donors (Lipinski definition) is 2. The van der Waals surface area contributed by atoms with E-state index in [1.54, 1.807) is 19.2 Å². The topological polar surface area (TPSA) is 79.6 Å². The first-order chi connectivity index (χ1) is 11.1. The Morgan fingerprint density at radius 1 is 1.12 bits per heavy atom. The quantitative estimate of drug-likeness (QED) is 0.234. The molecule has 6 nitrogen and oxygen atoms in total. The third-order valence-corrected chi connectivity index (χ3v) is 3.43. The first kappa shape index (κ1) is 20.2. The summed E-state index contributed by atoms with van der Waals surface area (Å²) in [6.07, 6.45) is 0. The molecule has 8 heteroatoms. The minimum atomic E-state index is -0.406. The van der Waals surface area contributed by atoms with Crippen LogP contribution in [0.3, 0.4) is 0 Å². The molecule has 2 aromatic rings. The Morgan fingerprint density at radius 3 is 2.33 bits per heavy atom. The van der Waals surface area contributed by atoms with Crippen molar-refractivity contribution in [2.45, 2.75) is 13.1 Å². The lowest BCUT2D eigenvalue weighted by Crippen LogP contribution is -2.36. The van der Waals surface area contributed by atoms with Crippen molar-refractivity contribution in [1.29, 1.82) is 0 Å². The standard InChI is InChI=1S/C16H17ClN4O2.HI/c1-18-16(19-10-12-5-7-14(17)8-6-12)20-11-13-3-2-4-15(9-13)21(22)23;/h2-9H,10-11H2,1H3,(H2,18,19,20);1H. The van der Waals surface area contributed by atoms with Crippen molar-refractivity contribution in [2.75, 3.05) is 7.05 Å². The zero-order valence-corrected chi connectivity index (χ0v) is 16.1. The molecule has 2 aromatic carbocycles. The summed E-state index contributed by atoms with van der Waals surface area (Å²) in [7, 11) is 1.67. The lowest BCUT2D eigenvalue weighted by atomic mass is 10.2. The fraction of sp³-hybridized carbons (Fsp3) is 0.188. The number of nitrogens with one attached hydrogen (secondary N) is 2. The summed E-state index contributed by atoms with van der Waals surface area (Å²) in [5.74, 6) is 0.617. The van der Waals surface area contributed by atoms with Crippen molar-refractivity contribution < 1.29 is 4.92 Å². The van der Waals surface area contributed by atoms with Crippen LogP contribution in [0.15, 0.2) is 53.5 Å². The van der Waals surface area contributed by atoms with E-state index in [1.807, 2.05) is 30.3 Å². The summed E-state index contributed by atoms with van der Waals surface area (Å²) >= 11 is 5.85. The molecule has 24 heavy (non-hydrogen) atoms. The summed E-state index contributed by atoms with van der Waals surface area (Å²) in [6, 6.07) is 14.0. The number of guanidine groups is 1. The van der Waals surface area contributed by atoms with Crippen molar-refractivity contribution in [1.82, 2.24) is 10.6 Å². The number of nitro groups is 1. The van der Waals surface area contributed by atoms with Gasteiger partial charge in [-0.3, -0.25) is 15.1 Å². The highest BCUT2D eigenvalue weighted by Crippen LogP contribution is 2.12. The molecular formula is C16H18ClIN4O2. The number of non-ortho nitro benzene ring substituents is 1. The van der Waals surface area contributed by atoms with Gasteiger partial charge in [0.2, 0.25) is 0 Å². The largest absolute Gasteiger partial charge is 0.352 e. The number of aliphatic imine (C=N–C) groups is 1. The molecule has 0 heterocycles. The molecule has 0 unspecified atom stereocenters. The molecule has 0 saturated heterocycles. The number of benzene rings is 2. The number of rotatable bonds is 5. The normalized spacial score (nSPS) is 10.7. The summed E-state index contributed by atoms with van der Waals surface area (Å²) in [6.45, 7) is 1.05. The Morgan fingerprint density at radius 2 is 1.75 bits per heavy atom. The molecule has 128 valence electrons. The third-order valence-electron chi connectivity index (χ3n) is 3.18. The molecule has 0 saturated carbocycles. The predicted octanol–water partition coefficient (Wildman–Crippen LogP) is 3.73.